The summed E-state index contributed by atoms with van der Waals surface area (Å²) in [6.07, 6.45) is 4.83. The highest BCUT2D eigenvalue weighted by atomic mass is 32.1. The first-order chi connectivity index (χ1) is 5.52. The smallest absolute Gasteiger partial charge is 0.306 e. The summed E-state index contributed by atoms with van der Waals surface area (Å²) in [5, 5.41) is 18.1. The molecule has 1 rings (SSSR count). The lowest BCUT2D eigenvalue weighted by atomic mass is 9.92. The molecule has 0 aromatic carbocycles. The minimum atomic E-state index is -1.22. The van der Waals surface area contributed by atoms with Crippen molar-refractivity contribution in [1.82, 2.24) is 0 Å². The van der Waals surface area contributed by atoms with Gasteiger partial charge in [-0.2, -0.15) is 0 Å². The van der Waals surface area contributed by atoms with Crippen molar-refractivity contribution in [2.75, 3.05) is 0 Å². The molecule has 12 heavy (non-hydrogen) atoms. The van der Waals surface area contributed by atoms with Gasteiger partial charge >= 0.3 is 5.97 Å². The molecule has 0 saturated carbocycles. The lowest BCUT2D eigenvalue weighted by molar-refractivity contribution is -0.140. The molecule has 2 N–H and O–H groups in total. The Labute approximate surface area is 75.8 Å². The monoisotopic (exact) mass is 186 g/mol. The van der Waals surface area contributed by atoms with Crippen molar-refractivity contribution >= 4 is 18.6 Å². The number of thiol groups is 1. The molecule has 0 fully saturated rings. The van der Waals surface area contributed by atoms with Crippen LogP contribution in [-0.4, -0.2) is 21.8 Å². The van der Waals surface area contributed by atoms with Crippen LogP contribution in [0.15, 0.2) is 23.1 Å². The maximum Gasteiger partial charge on any atom is 0.306 e. The number of aliphatic hydroxyl groups is 1. The van der Waals surface area contributed by atoms with Gasteiger partial charge in [0, 0.05) is 0 Å². The highest BCUT2D eigenvalue weighted by Crippen LogP contribution is 2.25. The average molecular weight is 186 g/mol. The van der Waals surface area contributed by atoms with Crippen LogP contribution in [0.5, 0.6) is 0 Å². The summed E-state index contributed by atoms with van der Waals surface area (Å²) in [5.41, 5.74) is -1.22. The van der Waals surface area contributed by atoms with Gasteiger partial charge in [0.15, 0.2) is 0 Å². The van der Waals surface area contributed by atoms with E-state index in [1.165, 1.54) is 6.08 Å². The van der Waals surface area contributed by atoms with Gasteiger partial charge in [0.25, 0.3) is 0 Å². The number of aliphatic carboxylic acids is 1. The third-order valence-corrected chi connectivity index (χ3v) is 2.02. The number of hydrogen-bond acceptors (Lipinski definition) is 3. The average Bonchev–Trinajstić information content (AvgIpc) is 1.94. The van der Waals surface area contributed by atoms with Crippen LogP contribution in [0.1, 0.15) is 12.8 Å². The van der Waals surface area contributed by atoms with E-state index in [0.717, 1.165) is 4.91 Å². The molecule has 66 valence electrons. The molecule has 0 bridgehead atoms. The fourth-order valence-electron chi connectivity index (χ4n) is 1.05. The normalized spacial score (nSPS) is 28.3. The molecule has 0 aliphatic heterocycles. The molecule has 0 aromatic rings. The first-order valence-electron chi connectivity index (χ1n) is 3.54. The molecule has 4 heteroatoms. The molecule has 1 unspecified atom stereocenters. The van der Waals surface area contributed by atoms with Crippen LogP contribution in [0, 0.1) is 0 Å². The summed E-state index contributed by atoms with van der Waals surface area (Å²) in [6.45, 7) is 0. The third kappa shape index (κ3) is 2.39. The quantitative estimate of drug-likeness (QED) is 0.563. The second kappa shape index (κ2) is 3.33. The minimum Gasteiger partial charge on any atom is -0.481 e. The van der Waals surface area contributed by atoms with Gasteiger partial charge < -0.3 is 10.2 Å². The van der Waals surface area contributed by atoms with Crippen LogP contribution < -0.4 is 0 Å². The summed E-state index contributed by atoms with van der Waals surface area (Å²) in [6, 6.07) is 0. The highest BCUT2D eigenvalue weighted by molar-refractivity contribution is 7.84. The van der Waals surface area contributed by atoms with Crippen molar-refractivity contribution in [2.45, 2.75) is 18.4 Å². The van der Waals surface area contributed by atoms with E-state index in [-0.39, 0.29) is 6.42 Å². The maximum absolute atomic E-state index is 10.3. The number of carbonyl (C=O) groups is 1. The Morgan fingerprint density at radius 2 is 2.42 bits per heavy atom. The predicted octanol–water partition coefficient (Wildman–Crippen LogP) is 0.966. The van der Waals surface area contributed by atoms with Crippen LogP contribution in [0.4, 0.5) is 0 Å². The molecule has 3 nitrogen and oxygen atoms in total. The van der Waals surface area contributed by atoms with Gasteiger partial charge in [-0.3, -0.25) is 4.79 Å². The lowest BCUT2D eigenvalue weighted by Gasteiger charge is -2.23. The second-order valence-corrected chi connectivity index (χ2v) is 3.36. The van der Waals surface area contributed by atoms with Gasteiger partial charge in [0.1, 0.15) is 0 Å². The van der Waals surface area contributed by atoms with E-state index in [2.05, 4.69) is 12.6 Å². The zero-order valence-corrected chi connectivity index (χ0v) is 7.29. The van der Waals surface area contributed by atoms with Gasteiger partial charge in [-0.1, -0.05) is 18.2 Å². The topological polar surface area (TPSA) is 57.5 Å². The molecule has 0 amide bonds. The predicted molar refractivity (Wildman–Crippen MR) is 48.0 cm³/mol. The maximum atomic E-state index is 10.3. The zero-order chi connectivity index (χ0) is 9.19. The Balaban J connectivity index is 2.65. The van der Waals surface area contributed by atoms with Crippen molar-refractivity contribution in [1.29, 1.82) is 0 Å². The van der Waals surface area contributed by atoms with Gasteiger partial charge in [-0.05, 0) is 11.3 Å². The number of allylic oxidation sites excluding steroid dienone is 1. The first-order valence-corrected chi connectivity index (χ1v) is 3.99. The zero-order valence-electron chi connectivity index (χ0n) is 6.40. The molecule has 0 aromatic heterocycles. The summed E-state index contributed by atoms with van der Waals surface area (Å²) in [4.78, 5) is 11.1. The molecular formula is C8H10O3S. The largest absolute Gasteiger partial charge is 0.481 e. The van der Waals surface area contributed by atoms with E-state index in [9.17, 15) is 9.90 Å². The standard InChI is InChI=1S/C8H10O3S/c9-7(10)5-8(11)3-1-6(12)2-4-8/h1-3,11-12H,4-5H2,(H,9,10). The van der Waals surface area contributed by atoms with Gasteiger partial charge in [0.05, 0.1) is 12.0 Å². The van der Waals surface area contributed by atoms with E-state index >= 15 is 0 Å². The minimum absolute atomic E-state index is 0.263. The Morgan fingerprint density at radius 1 is 1.75 bits per heavy atom. The van der Waals surface area contributed by atoms with E-state index in [0.29, 0.717) is 6.42 Å². The van der Waals surface area contributed by atoms with Crippen molar-refractivity contribution in [3.63, 3.8) is 0 Å². The Kier molecular flexibility index (Phi) is 2.59. The van der Waals surface area contributed by atoms with Crippen LogP contribution in [0.2, 0.25) is 0 Å². The summed E-state index contributed by atoms with van der Waals surface area (Å²) >= 11 is 4.05. The van der Waals surface area contributed by atoms with Gasteiger partial charge in [0.2, 0.25) is 0 Å². The number of hydrogen-bond donors (Lipinski definition) is 3. The fraction of sp³-hybridized carbons (Fsp3) is 0.375. The highest BCUT2D eigenvalue weighted by Gasteiger charge is 2.27. The third-order valence-electron chi connectivity index (χ3n) is 1.69. The Hall–Kier alpha value is -0.740. The van der Waals surface area contributed by atoms with Crippen molar-refractivity contribution in [3.05, 3.63) is 23.1 Å². The second-order valence-electron chi connectivity index (χ2n) is 2.84. The van der Waals surface area contributed by atoms with E-state index < -0.39 is 11.6 Å². The van der Waals surface area contributed by atoms with E-state index in [1.54, 1.807) is 12.2 Å². The lowest BCUT2D eigenvalue weighted by Crippen LogP contribution is -2.29. The van der Waals surface area contributed by atoms with E-state index in [1.807, 2.05) is 0 Å². The van der Waals surface area contributed by atoms with Crippen molar-refractivity contribution in [2.24, 2.45) is 0 Å². The summed E-state index contributed by atoms with van der Waals surface area (Å²) in [5.74, 6) is -1.00. The molecule has 0 saturated heterocycles. The number of carboxylic acid groups (broad SMARTS) is 1. The molecule has 0 spiro atoms. The van der Waals surface area contributed by atoms with Gasteiger partial charge in [-0.15, -0.1) is 12.6 Å². The number of carboxylic acids is 1. The summed E-state index contributed by atoms with van der Waals surface area (Å²) in [7, 11) is 0. The molecule has 1 aliphatic rings. The summed E-state index contributed by atoms with van der Waals surface area (Å²) < 4.78 is 0. The first kappa shape index (κ1) is 9.35. The van der Waals surface area contributed by atoms with Crippen molar-refractivity contribution < 1.29 is 15.0 Å². The van der Waals surface area contributed by atoms with Crippen LogP contribution in [0.25, 0.3) is 0 Å². The Bertz CT molecular complexity index is 257. The van der Waals surface area contributed by atoms with Crippen LogP contribution in [0.3, 0.4) is 0 Å². The molecular weight excluding hydrogens is 176 g/mol. The molecule has 0 heterocycles. The molecule has 1 atom stereocenters. The Morgan fingerprint density at radius 3 is 2.83 bits per heavy atom. The van der Waals surface area contributed by atoms with Crippen LogP contribution in [-0.2, 0) is 4.79 Å². The number of rotatable bonds is 2. The van der Waals surface area contributed by atoms with Gasteiger partial charge in [-0.25, -0.2) is 0 Å². The SMILES string of the molecule is O=C(O)CC1(O)C=CC(S)=CC1. The van der Waals surface area contributed by atoms with Crippen LogP contribution >= 0.6 is 12.6 Å². The van der Waals surface area contributed by atoms with Crippen molar-refractivity contribution in [3.8, 4) is 0 Å². The fourth-order valence-corrected chi connectivity index (χ4v) is 1.22. The molecule has 0 radical (unpaired) electrons. The van der Waals surface area contributed by atoms with E-state index in [4.69, 9.17) is 5.11 Å². The molecule has 1 aliphatic carbocycles.